The van der Waals surface area contributed by atoms with Crippen molar-refractivity contribution in [2.45, 2.75) is 57.4 Å². The summed E-state index contributed by atoms with van der Waals surface area (Å²) in [7, 11) is 0. The average Bonchev–Trinajstić information content (AvgIpc) is 2.62. The van der Waals surface area contributed by atoms with Crippen LogP contribution in [0.3, 0.4) is 0 Å². The number of benzene rings is 1. The van der Waals surface area contributed by atoms with Crippen molar-refractivity contribution in [3.8, 4) is 5.75 Å². The number of piperazine rings is 1. The van der Waals surface area contributed by atoms with E-state index in [0.717, 1.165) is 37.3 Å². The third-order valence-corrected chi connectivity index (χ3v) is 7.97. The number of hydrogen-bond acceptors (Lipinski definition) is 3. The van der Waals surface area contributed by atoms with Gasteiger partial charge in [-0.1, -0.05) is 12.1 Å². The van der Waals surface area contributed by atoms with Crippen molar-refractivity contribution in [1.82, 2.24) is 10.2 Å². The zero-order valence-electron chi connectivity index (χ0n) is 16.0. The molecule has 0 spiro atoms. The maximum atomic E-state index is 9.53. The van der Waals surface area contributed by atoms with Gasteiger partial charge in [0.25, 0.3) is 0 Å². The van der Waals surface area contributed by atoms with Crippen LogP contribution < -0.4 is 5.32 Å². The molecule has 6 rings (SSSR count). The lowest BCUT2D eigenvalue weighted by atomic mass is 9.49. The van der Waals surface area contributed by atoms with E-state index in [9.17, 15) is 5.11 Å². The number of nitrogens with one attached hydrogen (secondary N) is 1. The van der Waals surface area contributed by atoms with Crippen molar-refractivity contribution >= 4 is 0 Å². The van der Waals surface area contributed by atoms with Crippen LogP contribution >= 0.6 is 0 Å². The van der Waals surface area contributed by atoms with E-state index in [-0.39, 0.29) is 0 Å². The second-order valence-corrected chi connectivity index (χ2v) is 9.93. The maximum Gasteiger partial charge on any atom is 0.115 e. The van der Waals surface area contributed by atoms with Crippen molar-refractivity contribution in [3.05, 3.63) is 29.8 Å². The molecule has 2 N–H and O–H groups in total. The summed E-state index contributed by atoms with van der Waals surface area (Å²) in [5.74, 6) is 3.57. The highest BCUT2D eigenvalue weighted by Crippen LogP contribution is 2.61. The molecule has 1 aromatic carbocycles. The lowest BCUT2D eigenvalue weighted by Crippen LogP contribution is -2.54. The highest BCUT2D eigenvalue weighted by atomic mass is 16.3. The summed E-state index contributed by atoms with van der Waals surface area (Å²) in [4.78, 5) is 2.77. The van der Waals surface area contributed by atoms with Crippen molar-refractivity contribution in [1.29, 1.82) is 0 Å². The molecule has 3 heteroatoms. The zero-order chi connectivity index (χ0) is 17.6. The van der Waals surface area contributed by atoms with Crippen LogP contribution in [0.15, 0.2) is 24.3 Å². The molecule has 4 aliphatic carbocycles. The molecule has 26 heavy (non-hydrogen) atoms. The Balaban J connectivity index is 1.23. The summed E-state index contributed by atoms with van der Waals surface area (Å²) in [5.41, 5.74) is 2.04. The summed E-state index contributed by atoms with van der Waals surface area (Å²) in [6, 6.07) is 8.42. The van der Waals surface area contributed by atoms with Gasteiger partial charge in [0.1, 0.15) is 5.75 Å². The highest BCUT2D eigenvalue weighted by Gasteiger charge is 2.50. The molecule has 1 aliphatic heterocycles. The van der Waals surface area contributed by atoms with E-state index in [1.807, 2.05) is 12.1 Å². The molecular formula is C23H34N2O. The quantitative estimate of drug-likeness (QED) is 0.844. The first-order valence-corrected chi connectivity index (χ1v) is 10.9. The van der Waals surface area contributed by atoms with Crippen molar-refractivity contribution in [2.24, 2.45) is 23.2 Å². The number of aromatic hydroxyl groups is 1. The Kier molecular flexibility index (Phi) is 4.48. The minimum Gasteiger partial charge on any atom is -0.508 e. The van der Waals surface area contributed by atoms with E-state index < -0.39 is 0 Å². The summed E-state index contributed by atoms with van der Waals surface area (Å²) in [6.07, 6.45) is 11.8. The minimum absolute atomic E-state index is 0.370. The van der Waals surface area contributed by atoms with Crippen LogP contribution in [0.1, 0.15) is 50.5 Å². The van der Waals surface area contributed by atoms with E-state index in [1.54, 1.807) is 19.3 Å². The molecule has 1 atom stereocenters. The van der Waals surface area contributed by atoms with Gasteiger partial charge in [0.05, 0.1) is 0 Å². The van der Waals surface area contributed by atoms with Gasteiger partial charge < -0.3 is 10.4 Å². The predicted octanol–water partition coefficient (Wildman–Crippen LogP) is 3.82. The summed E-state index contributed by atoms with van der Waals surface area (Å²) in [5, 5.41) is 13.1. The van der Waals surface area contributed by atoms with E-state index in [1.165, 1.54) is 44.3 Å². The molecule has 4 bridgehead atoms. The van der Waals surface area contributed by atoms with Gasteiger partial charge in [0.2, 0.25) is 0 Å². The number of phenols is 1. The number of phenolic OH excluding ortho intramolecular Hbond substituents is 1. The largest absolute Gasteiger partial charge is 0.508 e. The summed E-state index contributed by atoms with van der Waals surface area (Å²) >= 11 is 0. The van der Waals surface area contributed by atoms with Crippen LogP contribution in [0.25, 0.3) is 0 Å². The molecule has 0 aromatic heterocycles. The van der Waals surface area contributed by atoms with Crippen LogP contribution in [-0.4, -0.2) is 42.2 Å². The van der Waals surface area contributed by atoms with Gasteiger partial charge >= 0.3 is 0 Å². The zero-order valence-corrected chi connectivity index (χ0v) is 16.0. The Hall–Kier alpha value is -1.06. The maximum absolute atomic E-state index is 9.53. The SMILES string of the molecule is Oc1ccc(C[C@@H]2CNCCN2CCC23CC4CC(CC(C4)C2)C3)cc1. The second kappa shape index (κ2) is 6.83. The second-order valence-electron chi connectivity index (χ2n) is 9.93. The van der Waals surface area contributed by atoms with Gasteiger partial charge in [-0.05, 0) is 98.8 Å². The Morgan fingerprint density at radius 3 is 2.31 bits per heavy atom. The Morgan fingerprint density at radius 2 is 1.65 bits per heavy atom. The number of rotatable bonds is 5. The van der Waals surface area contributed by atoms with Gasteiger partial charge in [0.15, 0.2) is 0 Å². The van der Waals surface area contributed by atoms with Crippen LogP contribution in [0.2, 0.25) is 0 Å². The van der Waals surface area contributed by atoms with Crippen molar-refractivity contribution in [2.75, 3.05) is 26.2 Å². The molecule has 4 saturated carbocycles. The molecule has 0 amide bonds. The van der Waals surface area contributed by atoms with Gasteiger partial charge in [-0.2, -0.15) is 0 Å². The monoisotopic (exact) mass is 354 g/mol. The molecular weight excluding hydrogens is 320 g/mol. The highest BCUT2D eigenvalue weighted by molar-refractivity contribution is 5.26. The van der Waals surface area contributed by atoms with Gasteiger partial charge in [-0.25, -0.2) is 0 Å². The number of nitrogens with zero attached hydrogens (tertiary/aromatic N) is 1. The Bertz CT molecular complexity index is 590. The topological polar surface area (TPSA) is 35.5 Å². The standard InChI is InChI=1S/C23H34N2O/c26-22-3-1-17(2-4-22)12-21-16-24-6-8-25(21)7-5-23-13-18-9-19(14-23)11-20(10-18)15-23/h1-4,18-21,24,26H,5-16H2/t18?,19?,20?,21-,23?/m1/s1. The van der Waals surface area contributed by atoms with Gasteiger partial charge in [-0.15, -0.1) is 0 Å². The molecule has 1 saturated heterocycles. The molecule has 5 fully saturated rings. The van der Waals surface area contributed by atoms with Crippen LogP contribution in [0.4, 0.5) is 0 Å². The molecule has 1 aromatic rings. The average molecular weight is 355 g/mol. The molecule has 5 aliphatic rings. The summed E-state index contributed by atoms with van der Waals surface area (Å²) in [6.45, 7) is 4.71. The fraction of sp³-hybridized carbons (Fsp3) is 0.739. The normalized spacial score (nSPS) is 39.4. The van der Waals surface area contributed by atoms with Crippen LogP contribution in [-0.2, 0) is 6.42 Å². The lowest BCUT2D eigenvalue weighted by Gasteiger charge is -2.57. The molecule has 3 nitrogen and oxygen atoms in total. The van der Waals surface area contributed by atoms with E-state index >= 15 is 0 Å². The third-order valence-electron chi connectivity index (χ3n) is 7.97. The molecule has 0 unspecified atom stereocenters. The van der Waals surface area contributed by atoms with E-state index in [2.05, 4.69) is 22.3 Å². The molecule has 1 heterocycles. The van der Waals surface area contributed by atoms with Gasteiger partial charge in [0, 0.05) is 25.7 Å². The lowest BCUT2D eigenvalue weighted by molar-refractivity contribution is -0.0629. The molecule has 142 valence electrons. The van der Waals surface area contributed by atoms with Crippen molar-refractivity contribution < 1.29 is 5.11 Å². The first-order chi connectivity index (χ1) is 12.7. The van der Waals surface area contributed by atoms with Gasteiger partial charge in [-0.3, -0.25) is 4.90 Å². The van der Waals surface area contributed by atoms with Crippen molar-refractivity contribution in [3.63, 3.8) is 0 Å². The number of hydrogen-bond donors (Lipinski definition) is 2. The van der Waals surface area contributed by atoms with E-state index in [4.69, 9.17) is 0 Å². The first kappa shape index (κ1) is 17.1. The van der Waals surface area contributed by atoms with Crippen LogP contribution in [0.5, 0.6) is 5.75 Å². The minimum atomic E-state index is 0.370. The smallest absolute Gasteiger partial charge is 0.115 e. The summed E-state index contributed by atoms with van der Waals surface area (Å²) < 4.78 is 0. The molecule has 0 radical (unpaired) electrons. The fourth-order valence-electron chi connectivity index (χ4n) is 7.18. The predicted molar refractivity (Wildman–Crippen MR) is 105 cm³/mol. The third kappa shape index (κ3) is 3.41. The fourth-order valence-corrected chi connectivity index (χ4v) is 7.18. The Labute approximate surface area is 158 Å². The van der Waals surface area contributed by atoms with Crippen LogP contribution in [0, 0.1) is 23.2 Å². The van der Waals surface area contributed by atoms with E-state index in [0.29, 0.717) is 17.2 Å². The Morgan fingerprint density at radius 1 is 1.00 bits per heavy atom. The first-order valence-electron chi connectivity index (χ1n) is 10.9.